The highest BCUT2D eigenvalue weighted by Gasteiger charge is 2.09. The Hall–Kier alpha value is -1.10. The second-order valence-corrected chi connectivity index (χ2v) is 3.56. The zero-order valence-electron chi connectivity index (χ0n) is 9.15. The van der Waals surface area contributed by atoms with Gasteiger partial charge in [0.25, 0.3) is 0 Å². The number of carboxylic acids is 1. The number of hydrogen-bond acceptors (Lipinski definition) is 4. The normalized spacial score (nSPS) is 13.9. The van der Waals surface area contributed by atoms with Gasteiger partial charge < -0.3 is 16.0 Å². The maximum absolute atomic E-state index is 10.2. The molecule has 0 amide bonds. The molecule has 5 heteroatoms. The Morgan fingerprint density at radius 1 is 1.33 bits per heavy atom. The summed E-state index contributed by atoms with van der Waals surface area (Å²) in [6.45, 7) is 1.93. The first-order valence-electron chi connectivity index (χ1n) is 5.30. The average molecular weight is 216 g/mol. The highest BCUT2D eigenvalue weighted by atomic mass is 16.4. The summed E-state index contributed by atoms with van der Waals surface area (Å²) in [4.78, 5) is 10.2. The Morgan fingerprint density at radius 2 is 1.93 bits per heavy atom. The van der Waals surface area contributed by atoms with E-state index < -0.39 is 5.97 Å². The Kier molecular flexibility index (Phi) is 7.62. The molecule has 0 aromatic heterocycles. The quantitative estimate of drug-likeness (QED) is 0.248. The van der Waals surface area contributed by atoms with E-state index in [0.29, 0.717) is 18.6 Å². The van der Waals surface area contributed by atoms with Crippen molar-refractivity contribution in [3.63, 3.8) is 0 Å². The number of nitrogens with two attached hydrogens (primary N) is 1. The molecule has 0 spiro atoms. The number of oxime groups is 1. The molecule has 5 nitrogen and oxygen atoms in total. The summed E-state index contributed by atoms with van der Waals surface area (Å²) >= 11 is 0. The molecule has 1 atom stereocenters. The second kappa shape index (κ2) is 8.23. The molecular weight excluding hydrogens is 196 g/mol. The summed E-state index contributed by atoms with van der Waals surface area (Å²) < 4.78 is 0. The van der Waals surface area contributed by atoms with Gasteiger partial charge in [0.15, 0.2) is 0 Å². The van der Waals surface area contributed by atoms with Crippen molar-refractivity contribution in [3.05, 3.63) is 0 Å². The van der Waals surface area contributed by atoms with Crippen LogP contribution < -0.4 is 5.73 Å². The van der Waals surface area contributed by atoms with Crippen LogP contribution >= 0.6 is 0 Å². The van der Waals surface area contributed by atoms with Gasteiger partial charge in [-0.2, -0.15) is 0 Å². The Bertz CT molecular complexity index is 217. The molecule has 0 aliphatic heterocycles. The lowest BCUT2D eigenvalue weighted by Gasteiger charge is -2.10. The van der Waals surface area contributed by atoms with Crippen LogP contribution in [0.1, 0.15) is 45.4 Å². The van der Waals surface area contributed by atoms with E-state index in [0.717, 1.165) is 19.3 Å². The van der Waals surface area contributed by atoms with E-state index >= 15 is 0 Å². The average Bonchev–Trinajstić information content (AvgIpc) is 2.22. The Balaban J connectivity index is 3.61. The maximum atomic E-state index is 10.2. The lowest BCUT2D eigenvalue weighted by atomic mass is 10.0. The third kappa shape index (κ3) is 6.90. The van der Waals surface area contributed by atoms with Crippen molar-refractivity contribution in [2.24, 2.45) is 10.9 Å². The predicted octanol–water partition coefficient (Wildman–Crippen LogP) is 1.59. The number of hydrogen-bond donors (Lipinski definition) is 3. The lowest BCUT2D eigenvalue weighted by Crippen LogP contribution is -2.29. The van der Waals surface area contributed by atoms with Gasteiger partial charge in [-0.15, -0.1) is 0 Å². The molecule has 0 aromatic carbocycles. The van der Waals surface area contributed by atoms with E-state index in [-0.39, 0.29) is 12.5 Å². The first-order chi connectivity index (χ1) is 7.11. The molecule has 0 radical (unpaired) electrons. The minimum atomic E-state index is -0.767. The Morgan fingerprint density at radius 3 is 2.40 bits per heavy atom. The summed E-state index contributed by atoms with van der Waals surface area (Å²) in [5.74, 6) is -0.767. The maximum Gasteiger partial charge on any atom is 0.303 e. The Labute approximate surface area is 90.0 Å². The van der Waals surface area contributed by atoms with Gasteiger partial charge in [-0.3, -0.25) is 4.79 Å². The standard InChI is InChI=1S/C10H20N2O3/c1-2-8(11)9(12-15)6-4-3-5-7-10(13)14/h8,15H,2-7,11H2,1H3,(H,13,14)/b12-9+. The molecule has 0 saturated carbocycles. The molecule has 15 heavy (non-hydrogen) atoms. The fourth-order valence-corrected chi connectivity index (χ4v) is 1.30. The summed E-state index contributed by atoms with van der Waals surface area (Å²) in [6.07, 6.45) is 3.89. The lowest BCUT2D eigenvalue weighted by molar-refractivity contribution is -0.137. The summed E-state index contributed by atoms with van der Waals surface area (Å²) in [5, 5.41) is 20.3. The molecule has 0 bridgehead atoms. The molecular formula is C10H20N2O3. The molecule has 4 N–H and O–H groups in total. The smallest absolute Gasteiger partial charge is 0.303 e. The van der Waals surface area contributed by atoms with Gasteiger partial charge in [-0.25, -0.2) is 0 Å². The zero-order valence-corrected chi connectivity index (χ0v) is 9.15. The van der Waals surface area contributed by atoms with Gasteiger partial charge in [0.2, 0.25) is 0 Å². The van der Waals surface area contributed by atoms with E-state index in [1.165, 1.54) is 0 Å². The van der Waals surface area contributed by atoms with Crippen LogP contribution in [0.25, 0.3) is 0 Å². The monoisotopic (exact) mass is 216 g/mol. The van der Waals surface area contributed by atoms with Crippen LogP contribution in [0.3, 0.4) is 0 Å². The van der Waals surface area contributed by atoms with Gasteiger partial charge in [0.05, 0.1) is 5.71 Å². The summed E-state index contributed by atoms with van der Waals surface area (Å²) in [6, 6.07) is -0.186. The fraction of sp³-hybridized carbons (Fsp3) is 0.800. The third-order valence-electron chi connectivity index (χ3n) is 2.32. The van der Waals surface area contributed by atoms with Crippen LogP contribution in [0.2, 0.25) is 0 Å². The number of unbranched alkanes of at least 4 members (excludes halogenated alkanes) is 2. The van der Waals surface area contributed by atoms with Crippen molar-refractivity contribution >= 4 is 11.7 Å². The van der Waals surface area contributed by atoms with Gasteiger partial charge in [-0.05, 0) is 25.7 Å². The van der Waals surface area contributed by atoms with Crippen LogP contribution in [0.4, 0.5) is 0 Å². The van der Waals surface area contributed by atoms with E-state index in [2.05, 4.69) is 5.16 Å². The first-order valence-corrected chi connectivity index (χ1v) is 5.30. The van der Waals surface area contributed by atoms with Crippen LogP contribution in [0.5, 0.6) is 0 Å². The number of aliphatic carboxylic acids is 1. The van der Waals surface area contributed by atoms with Crippen LogP contribution in [0, 0.1) is 0 Å². The van der Waals surface area contributed by atoms with E-state index in [4.69, 9.17) is 16.0 Å². The van der Waals surface area contributed by atoms with Gasteiger partial charge in [0, 0.05) is 12.5 Å². The number of carbonyl (C=O) groups is 1. The van der Waals surface area contributed by atoms with Gasteiger partial charge in [-0.1, -0.05) is 18.5 Å². The van der Waals surface area contributed by atoms with Crippen molar-refractivity contribution in [2.75, 3.05) is 0 Å². The molecule has 1 unspecified atom stereocenters. The predicted molar refractivity (Wildman–Crippen MR) is 58.2 cm³/mol. The number of carboxylic acid groups (broad SMARTS) is 1. The molecule has 0 heterocycles. The molecule has 0 saturated heterocycles. The molecule has 0 aliphatic rings. The molecule has 88 valence electrons. The fourth-order valence-electron chi connectivity index (χ4n) is 1.30. The van der Waals surface area contributed by atoms with Crippen LogP contribution in [-0.2, 0) is 4.79 Å². The molecule has 0 rings (SSSR count). The van der Waals surface area contributed by atoms with E-state index in [9.17, 15) is 4.79 Å². The van der Waals surface area contributed by atoms with Crippen molar-refractivity contribution in [2.45, 2.75) is 51.5 Å². The minimum Gasteiger partial charge on any atom is -0.481 e. The van der Waals surface area contributed by atoms with Crippen LogP contribution in [0.15, 0.2) is 5.16 Å². The topological polar surface area (TPSA) is 95.9 Å². The number of rotatable bonds is 8. The van der Waals surface area contributed by atoms with E-state index in [1.54, 1.807) is 0 Å². The highest BCUT2D eigenvalue weighted by Crippen LogP contribution is 2.06. The van der Waals surface area contributed by atoms with Gasteiger partial charge in [0.1, 0.15) is 0 Å². The first kappa shape index (κ1) is 13.9. The SMILES string of the molecule is CCC(N)/C(CCCCCC(=O)O)=N/O. The third-order valence-corrected chi connectivity index (χ3v) is 2.32. The summed E-state index contributed by atoms with van der Waals surface area (Å²) in [7, 11) is 0. The van der Waals surface area contributed by atoms with Crippen molar-refractivity contribution in [1.82, 2.24) is 0 Å². The van der Waals surface area contributed by atoms with Crippen molar-refractivity contribution in [3.8, 4) is 0 Å². The minimum absolute atomic E-state index is 0.186. The molecule has 0 aliphatic carbocycles. The van der Waals surface area contributed by atoms with E-state index in [1.807, 2.05) is 6.92 Å². The molecule has 0 fully saturated rings. The highest BCUT2D eigenvalue weighted by molar-refractivity contribution is 5.88. The molecule has 0 aromatic rings. The zero-order chi connectivity index (χ0) is 11.7. The van der Waals surface area contributed by atoms with Crippen molar-refractivity contribution in [1.29, 1.82) is 0 Å². The van der Waals surface area contributed by atoms with Gasteiger partial charge >= 0.3 is 5.97 Å². The van der Waals surface area contributed by atoms with Crippen molar-refractivity contribution < 1.29 is 15.1 Å². The largest absolute Gasteiger partial charge is 0.481 e. The second-order valence-electron chi connectivity index (χ2n) is 3.56. The summed E-state index contributed by atoms with van der Waals surface area (Å²) in [5.41, 5.74) is 6.31. The van der Waals surface area contributed by atoms with Crippen LogP contribution in [-0.4, -0.2) is 28.0 Å². The number of nitrogens with zero attached hydrogens (tertiary/aromatic N) is 1.